The van der Waals surface area contributed by atoms with Crippen LogP contribution in [0.15, 0.2) is 71.4 Å². The molecule has 162 valence electrons. The Morgan fingerprint density at radius 2 is 1.88 bits per heavy atom. The Balaban J connectivity index is 1.69. The fraction of sp³-hybridized carbons (Fsp3) is 0.115. The van der Waals surface area contributed by atoms with Crippen molar-refractivity contribution in [3.05, 3.63) is 88.9 Å². The third-order valence-corrected chi connectivity index (χ3v) is 5.67. The van der Waals surface area contributed by atoms with Crippen LogP contribution in [0.2, 0.25) is 5.02 Å². The number of hydrogen-bond acceptors (Lipinski definition) is 3. The summed E-state index contributed by atoms with van der Waals surface area (Å²) in [5.41, 5.74) is 5.31. The maximum Gasteiger partial charge on any atom is 0.248 e. The van der Waals surface area contributed by atoms with Crippen molar-refractivity contribution in [1.82, 2.24) is 0 Å². The number of halogens is 2. The Kier molecular flexibility index (Phi) is 6.01. The number of methoxy groups -OCH3 is 1. The van der Waals surface area contributed by atoms with Crippen LogP contribution in [-0.4, -0.2) is 13.0 Å². The van der Waals surface area contributed by atoms with Crippen molar-refractivity contribution in [3.63, 3.8) is 0 Å². The van der Waals surface area contributed by atoms with E-state index >= 15 is 0 Å². The number of carbonyl (C=O) groups is 1. The van der Waals surface area contributed by atoms with Crippen molar-refractivity contribution in [3.8, 4) is 16.9 Å². The fourth-order valence-electron chi connectivity index (χ4n) is 3.51. The van der Waals surface area contributed by atoms with E-state index in [9.17, 15) is 9.18 Å². The lowest BCUT2D eigenvalue weighted by molar-refractivity contribution is -0.111. The van der Waals surface area contributed by atoms with Crippen molar-refractivity contribution < 1.29 is 18.3 Å². The van der Waals surface area contributed by atoms with Gasteiger partial charge < -0.3 is 14.5 Å². The molecular formula is C26H21ClFNO3. The zero-order valence-corrected chi connectivity index (χ0v) is 18.6. The van der Waals surface area contributed by atoms with E-state index in [1.807, 2.05) is 26.0 Å². The lowest BCUT2D eigenvalue weighted by Crippen LogP contribution is -2.08. The lowest BCUT2D eigenvalue weighted by Gasteiger charge is -2.10. The number of amides is 1. The number of rotatable bonds is 5. The van der Waals surface area contributed by atoms with E-state index in [4.69, 9.17) is 20.8 Å². The van der Waals surface area contributed by atoms with E-state index < -0.39 is 0 Å². The third-order valence-electron chi connectivity index (χ3n) is 5.26. The molecule has 0 aliphatic heterocycles. The van der Waals surface area contributed by atoms with Crippen LogP contribution in [0.5, 0.6) is 5.75 Å². The Morgan fingerprint density at radius 1 is 1.12 bits per heavy atom. The molecule has 4 aromatic rings. The Labute approximate surface area is 190 Å². The summed E-state index contributed by atoms with van der Waals surface area (Å²) in [6.45, 7) is 3.74. The predicted octanol–water partition coefficient (Wildman–Crippen LogP) is 7.25. The summed E-state index contributed by atoms with van der Waals surface area (Å²) in [7, 11) is 1.57. The number of ether oxygens (including phenoxy) is 1. The van der Waals surface area contributed by atoms with Crippen LogP contribution in [-0.2, 0) is 4.79 Å². The first-order chi connectivity index (χ1) is 15.4. The molecule has 0 spiro atoms. The average Bonchev–Trinajstić information content (AvgIpc) is 3.18. The topological polar surface area (TPSA) is 51.5 Å². The van der Waals surface area contributed by atoms with Gasteiger partial charge in [-0.25, -0.2) is 4.39 Å². The van der Waals surface area contributed by atoms with Crippen LogP contribution in [0.4, 0.5) is 10.1 Å². The van der Waals surface area contributed by atoms with Crippen molar-refractivity contribution in [1.29, 1.82) is 0 Å². The number of nitrogens with one attached hydrogen (secondary N) is 1. The quantitative estimate of drug-likeness (QED) is 0.326. The summed E-state index contributed by atoms with van der Waals surface area (Å²) in [4.78, 5) is 12.6. The molecule has 32 heavy (non-hydrogen) atoms. The highest BCUT2D eigenvalue weighted by molar-refractivity contribution is 6.31. The summed E-state index contributed by atoms with van der Waals surface area (Å²) < 4.78 is 24.6. The monoisotopic (exact) mass is 449 g/mol. The molecule has 4 rings (SSSR count). The standard InChI is InChI=1S/C26H21ClFNO3/c1-15-4-9-19(11-23(15)27)29-26(30)10-16(2)20-12-21-22(17-5-7-18(28)8-6-17)14-32-25(21)13-24(20)31-3/h4-14H,1-3H3,(H,29,30)/b16-10+. The summed E-state index contributed by atoms with van der Waals surface area (Å²) in [5, 5.41) is 4.25. The first kappa shape index (κ1) is 21.7. The first-order valence-corrected chi connectivity index (χ1v) is 10.3. The van der Waals surface area contributed by atoms with Gasteiger partial charge in [-0.1, -0.05) is 29.8 Å². The van der Waals surface area contributed by atoms with Crippen molar-refractivity contribution in [2.45, 2.75) is 13.8 Å². The average molecular weight is 450 g/mol. The minimum absolute atomic E-state index is 0.282. The fourth-order valence-corrected chi connectivity index (χ4v) is 3.69. The molecule has 0 radical (unpaired) electrons. The highest BCUT2D eigenvalue weighted by Gasteiger charge is 2.15. The maximum absolute atomic E-state index is 13.3. The molecule has 4 nitrogen and oxygen atoms in total. The summed E-state index contributed by atoms with van der Waals surface area (Å²) in [5.74, 6) is -0.00322. The summed E-state index contributed by atoms with van der Waals surface area (Å²) in [6.07, 6.45) is 3.14. The molecule has 3 aromatic carbocycles. The van der Waals surface area contributed by atoms with Gasteiger partial charge >= 0.3 is 0 Å². The van der Waals surface area contributed by atoms with Crippen LogP contribution >= 0.6 is 11.6 Å². The van der Waals surface area contributed by atoms with Crippen molar-refractivity contribution in [2.75, 3.05) is 12.4 Å². The minimum atomic E-state index is -0.302. The molecule has 0 atom stereocenters. The van der Waals surface area contributed by atoms with Crippen LogP contribution < -0.4 is 10.1 Å². The van der Waals surface area contributed by atoms with E-state index in [1.54, 1.807) is 43.7 Å². The van der Waals surface area contributed by atoms with Gasteiger partial charge in [0.25, 0.3) is 0 Å². The summed E-state index contributed by atoms with van der Waals surface area (Å²) >= 11 is 6.14. The van der Waals surface area contributed by atoms with Gasteiger partial charge in [0.2, 0.25) is 5.91 Å². The molecule has 1 amide bonds. The van der Waals surface area contributed by atoms with E-state index in [2.05, 4.69) is 5.32 Å². The number of fused-ring (bicyclic) bond motifs is 1. The van der Waals surface area contributed by atoms with Gasteiger partial charge in [0.15, 0.2) is 0 Å². The van der Waals surface area contributed by atoms with Crippen molar-refractivity contribution >= 4 is 39.7 Å². The third kappa shape index (κ3) is 4.39. The Morgan fingerprint density at radius 3 is 2.56 bits per heavy atom. The molecule has 0 aliphatic carbocycles. The molecule has 1 N–H and O–H groups in total. The van der Waals surface area contributed by atoms with Crippen LogP contribution in [0, 0.1) is 12.7 Å². The molecule has 0 saturated heterocycles. The second-order valence-corrected chi connectivity index (χ2v) is 7.89. The Bertz CT molecular complexity index is 1340. The SMILES string of the molecule is COc1cc2occ(-c3ccc(F)cc3)c2cc1/C(C)=C/C(=O)Nc1ccc(C)c(Cl)c1. The number of furan rings is 1. The van der Waals surface area contributed by atoms with E-state index in [0.29, 0.717) is 27.6 Å². The zero-order chi connectivity index (χ0) is 22.8. The lowest BCUT2D eigenvalue weighted by atomic mass is 9.99. The van der Waals surface area contributed by atoms with Gasteiger partial charge in [0.05, 0.1) is 13.4 Å². The Hall–Kier alpha value is -3.57. The molecule has 1 heterocycles. The van der Waals surface area contributed by atoms with Gasteiger partial charge in [-0.05, 0) is 60.9 Å². The number of benzene rings is 3. The van der Waals surface area contributed by atoms with Crippen LogP contribution in [0.3, 0.4) is 0 Å². The second-order valence-electron chi connectivity index (χ2n) is 7.49. The minimum Gasteiger partial charge on any atom is -0.496 e. The van der Waals surface area contributed by atoms with E-state index in [0.717, 1.165) is 27.6 Å². The highest BCUT2D eigenvalue weighted by atomic mass is 35.5. The van der Waals surface area contributed by atoms with E-state index in [-0.39, 0.29) is 11.7 Å². The van der Waals surface area contributed by atoms with E-state index in [1.165, 1.54) is 18.2 Å². The number of anilines is 1. The molecule has 1 aromatic heterocycles. The second kappa shape index (κ2) is 8.89. The van der Waals surface area contributed by atoms with Gasteiger partial charge in [0, 0.05) is 39.4 Å². The summed E-state index contributed by atoms with van der Waals surface area (Å²) in [6, 6.07) is 15.3. The first-order valence-electron chi connectivity index (χ1n) is 9.96. The number of aryl methyl sites for hydroxylation is 1. The molecule has 0 saturated carbocycles. The predicted molar refractivity (Wildman–Crippen MR) is 127 cm³/mol. The van der Waals surface area contributed by atoms with Gasteiger partial charge in [0.1, 0.15) is 17.1 Å². The van der Waals surface area contributed by atoms with Gasteiger partial charge in [-0.2, -0.15) is 0 Å². The molecule has 0 unspecified atom stereocenters. The van der Waals surface area contributed by atoms with Crippen LogP contribution in [0.1, 0.15) is 18.1 Å². The highest BCUT2D eigenvalue weighted by Crippen LogP contribution is 2.37. The maximum atomic E-state index is 13.3. The van der Waals surface area contributed by atoms with Gasteiger partial charge in [-0.15, -0.1) is 0 Å². The van der Waals surface area contributed by atoms with Gasteiger partial charge in [-0.3, -0.25) is 4.79 Å². The molecule has 0 fully saturated rings. The van der Waals surface area contributed by atoms with Crippen LogP contribution in [0.25, 0.3) is 27.7 Å². The molecule has 0 aliphatic rings. The van der Waals surface area contributed by atoms with Crippen molar-refractivity contribution in [2.24, 2.45) is 0 Å². The number of hydrogen-bond donors (Lipinski definition) is 1. The number of allylic oxidation sites excluding steroid dienone is 1. The molecule has 0 bridgehead atoms. The number of carbonyl (C=O) groups excluding carboxylic acids is 1. The normalized spacial score (nSPS) is 11.6. The smallest absolute Gasteiger partial charge is 0.248 e. The molecular weight excluding hydrogens is 429 g/mol. The largest absolute Gasteiger partial charge is 0.496 e. The molecule has 6 heteroatoms. The zero-order valence-electron chi connectivity index (χ0n) is 17.8.